The van der Waals surface area contributed by atoms with Crippen molar-refractivity contribution in [1.82, 2.24) is 4.98 Å². The van der Waals surface area contributed by atoms with E-state index in [0.717, 1.165) is 39.7 Å². The van der Waals surface area contributed by atoms with Crippen molar-refractivity contribution >= 4 is 11.3 Å². The Labute approximate surface area is 103 Å². The van der Waals surface area contributed by atoms with Crippen molar-refractivity contribution in [2.24, 2.45) is 0 Å². The standard InChI is InChI=1S/C12H13NO3S/c1-7-4-11(16-3)8(5-10(7)15-2)9-6-17-12(14)13-9/h4-6H,1-3H3,(H,13,14). The average Bonchev–Trinajstić information content (AvgIpc) is 2.75. The van der Waals surface area contributed by atoms with Crippen molar-refractivity contribution in [3.05, 3.63) is 32.7 Å². The van der Waals surface area contributed by atoms with Crippen LogP contribution < -0.4 is 14.3 Å². The number of rotatable bonds is 3. The first-order valence-corrected chi connectivity index (χ1v) is 5.94. The van der Waals surface area contributed by atoms with Crippen LogP contribution in [0.2, 0.25) is 0 Å². The molecular weight excluding hydrogens is 238 g/mol. The molecule has 1 aromatic heterocycles. The van der Waals surface area contributed by atoms with Gasteiger partial charge in [0, 0.05) is 10.9 Å². The van der Waals surface area contributed by atoms with Gasteiger partial charge < -0.3 is 14.5 Å². The molecule has 0 aliphatic carbocycles. The highest BCUT2D eigenvalue weighted by molar-refractivity contribution is 7.07. The summed E-state index contributed by atoms with van der Waals surface area (Å²) in [6.07, 6.45) is 0. The van der Waals surface area contributed by atoms with E-state index in [9.17, 15) is 4.79 Å². The molecule has 2 rings (SSSR count). The van der Waals surface area contributed by atoms with Crippen molar-refractivity contribution in [3.8, 4) is 22.8 Å². The van der Waals surface area contributed by atoms with E-state index >= 15 is 0 Å². The minimum Gasteiger partial charge on any atom is -0.496 e. The second kappa shape index (κ2) is 4.63. The Hall–Kier alpha value is -1.75. The predicted octanol–water partition coefficient (Wildman–Crippen LogP) is 2.43. The third kappa shape index (κ3) is 2.19. The number of aromatic nitrogens is 1. The minimum atomic E-state index is -0.0819. The van der Waals surface area contributed by atoms with Crippen LogP contribution in [0.15, 0.2) is 22.3 Å². The van der Waals surface area contributed by atoms with Crippen LogP contribution in [0, 0.1) is 6.92 Å². The molecule has 1 aromatic carbocycles. The van der Waals surface area contributed by atoms with E-state index in [-0.39, 0.29) is 4.87 Å². The van der Waals surface area contributed by atoms with Gasteiger partial charge in [-0.25, -0.2) is 0 Å². The van der Waals surface area contributed by atoms with Gasteiger partial charge >= 0.3 is 4.87 Å². The second-order valence-electron chi connectivity index (χ2n) is 3.58. The van der Waals surface area contributed by atoms with Crippen LogP contribution in [-0.4, -0.2) is 19.2 Å². The fourth-order valence-corrected chi connectivity index (χ4v) is 2.25. The van der Waals surface area contributed by atoms with Gasteiger partial charge in [0.2, 0.25) is 0 Å². The third-order valence-electron chi connectivity index (χ3n) is 2.53. The number of nitrogens with one attached hydrogen (secondary N) is 1. The van der Waals surface area contributed by atoms with Crippen LogP contribution in [0.3, 0.4) is 0 Å². The predicted molar refractivity (Wildman–Crippen MR) is 68.2 cm³/mol. The van der Waals surface area contributed by atoms with Crippen molar-refractivity contribution in [1.29, 1.82) is 0 Å². The fourth-order valence-electron chi connectivity index (χ4n) is 1.67. The molecule has 0 bridgehead atoms. The Morgan fingerprint density at radius 2 is 1.88 bits per heavy atom. The maximum Gasteiger partial charge on any atom is 0.304 e. The lowest BCUT2D eigenvalue weighted by molar-refractivity contribution is 0.401. The van der Waals surface area contributed by atoms with Gasteiger partial charge in [0.1, 0.15) is 11.5 Å². The van der Waals surface area contributed by atoms with E-state index in [0.29, 0.717) is 0 Å². The number of aryl methyl sites for hydroxylation is 1. The van der Waals surface area contributed by atoms with Gasteiger partial charge in [0.15, 0.2) is 0 Å². The van der Waals surface area contributed by atoms with E-state index in [1.807, 2.05) is 19.1 Å². The molecule has 17 heavy (non-hydrogen) atoms. The van der Waals surface area contributed by atoms with Gasteiger partial charge in [-0.2, -0.15) is 0 Å². The molecule has 0 fully saturated rings. The zero-order valence-corrected chi connectivity index (χ0v) is 10.7. The number of hydrogen-bond acceptors (Lipinski definition) is 4. The number of methoxy groups -OCH3 is 2. The monoisotopic (exact) mass is 251 g/mol. The third-order valence-corrected chi connectivity index (χ3v) is 3.20. The van der Waals surface area contributed by atoms with Gasteiger partial charge in [-0.05, 0) is 24.6 Å². The highest BCUT2D eigenvalue weighted by atomic mass is 32.1. The summed E-state index contributed by atoms with van der Waals surface area (Å²) in [5.41, 5.74) is 2.56. The minimum absolute atomic E-state index is 0.0819. The molecule has 0 saturated heterocycles. The Morgan fingerprint density at radius 1 is 1.18 bits per heavy atom. The summed E-state index contributed by atoms with van der Waals surface area (Å²) < 4.78 is 10.6. The van der Waals surface area contributed by atoms with Gasteiger partial charge in [0.05, 0.1) is 19.9 Å². The van der Waals surface area contributed by atoms with Crippen molar-refractivity contribution in [3.63, 3.8) is 0 Å². The summed E-state index contributed by atoms with van der Waals surface area (Å²) in [5.74, 6) is 1.49. The zero-order chi connectivity index (χ0) is 12.4. The molecule has 0 aliphatic heterocycles. The molecule has 0 radical (unpaired) electrons. The van der Waals surface area contributed by atoms with Gasteiger partial charge in [-0.15, -0.1) is 0 Å². The van der Waals surface area contributed by atoms with E-state index in [1.165, 1.54) is 0 Å². The van der Waals surface area contributed by atoms with Crippen LogP contribution in [0.4, 0.5) is 0 Å². The van der Waals surface area contributed by atoms with Crippen molar-refractivity contribution < 1.29 is 9.47 Å². The van der Waals surface area contributed by atoms with Crippen molar-refractivity contribution in [2.45, 2.75) is 6.92 Å². The Morgan fingerprint density at radius 3 is 2.41 bits per heavy atom. The van der Waals surface area contributed by atoms with Crippen molar-refractivity contribution in [2.75, 3.05) is 14.2 Å². The molecule has 0 atom stereocenters. The first-order chi connectivity index (χ1) is 8.15. The number of thiazole rings is 1. The van der Waals surface area contributed by atoms with E-state index in [4.69, 9.17) is 9.47 Å². The van der Waals surface area contributed by atoms with Crippen LogP contribution in [0.5, 0.6) is 11.5 Å². The summed E-state index contributed by atoms with van der Waals surface area (Å²) in [6.45, 7) is 1.95. The first-order valence-electron chi connectivity index (χ1n) is 5.06. The maximum atomic E-state index is 11.2. The lowest BCUT2D eigenvalue weighted by Crippen LogP contribution is -1.96. The molecule has 0 spiro atoms. The summed E-state index contributed by atoms with van der Waals surface area (Å²) >= 11 is 1.13. The number of hydrogen-bond donors (Lipinski definition) is 1. The Balaban J connectivity index is 2.62. The summed E-state index contributed by atoms with van der Waals surface area (Å²) in [4.78, 5) is 13.9. The Kier molecular flexibility index (Phi) is 3.19. The van der Waals surface area contributed by atoms with Gasteiger partial charge in [-0.1, -0.05) is 11.3 Å². The number of ether oxygens (including phenoxy) is 2. The summed E-state index contributed by atoms with van der Waals surface area (Å²) in [7, 11) is 3.23. The fraction of sp³-hybridized carbons (Fsp3) is 0.250. The number of aromatic amines is 1. The van der Waals surface area contributed by atoms with E-state index in [1.54, 1.807) is 19.6 Å². The molecule has 0 aliphatic rings. The lowest BCUT2D eigenvalue weighted by Gasteiger charge is -2.11. The lowest BCUT2D eigenvalue weighted by atomic mass is 10.1. The SMILES string of the molecule is COc1cc(-c2csc(=O)[nH]2)c(OC)cc1C. The van der Waals surface area contributed by atoms with E-state index in [2.05, 4.69) is 4.98 Å². The summed E-state index contributed by atoms with van der Waals surface area (Å²) in [5, 5.41) is 1.77. The number of benzene rings is 1. The molecule has 0 unspecified atom stereocenters. The maximum absolute atomic E-state index is 11.2. The van der Waals surface area contributed by atoms with Gasteiger partial charge in [-0.3, -0.25) is 4.79 Å². The highest BCUT2D eigenvalue weighted by Crippen LogP contribution is 2.34. The van der Waals surface area contributed by atoms with Gasteiger partial charge in [0.25, 0.3) is 0 Å². The first kappa shape index (κ1) is 11.7. The second-order valence-corrected chi connectivity index (χ2v) is 4.43. The van der Waals surface area contributed by atoms with Crippen LogP contribution in [0.1, 0.15) is 5.56 Å². The largest absolute Gasteiger partial charge is 0.496 e. The molecule has 5 heteroatoms. The number of H-pyrrole nitrogens is 1. The summed E-state index contributed by atoms with van der Waals surface area (Å²) in [6, 6.07) is 3.76. The molecule has 0 amide bonds. The smallest absolute Gasteiger partial charge is 0.304 e. The average molecular weight is 251 g/mol. The zero-order valence-electron chi connectivity index (χ0n) is 9.87. The quantitative estimate of drug-likeness (QED) is 0.911. The van der Waals surface area contributed by atoms with Crippen LogP contribution >= 0.6 is 11.3 Å². The molecular formula is C12H13NO3S. The van der Waals surface area contributed by atoms with Crippen LogP contribution in [-0.2, 0) is 0 Å². The van der Waals surface area contributed by atoms with Crippen LogP contribution in [0.25, 0.3) is 11.3 Å². The highest BCUT2D eigenvalue weighted by Gasteiger charge is 2.11. The molecule has 2 aromatic rings. The molecule has 4 nitrogen and oxygen atoms in total. The van der Waals surface area contributed by atoms with E-state index < -0.39 is 0 Å². The molecule has 90 valence electrons. The molecule has 0 saturated carbocycles. The topological polar surface area (TPSA) is 51.3 Å². The molecule has 1 N–H and O–H groups in total. The molecule has 1 heterocycles. The normalized spacial score (nSPS) is 10.3. The Bertz CT molecular complexity index is 586.